The molecule has 0 unspecified atom stereocenters. The Hall–Kier alpha value is -2.11. The first-order chi connectivity index (χ1) is 9.03. The number of hydrogen-bond donors (Lipinski definition) is 3. The highest BCUT2D eigenvalue weighted by Gasteiger charge is 2.35. The lowest BCUT2D eigenvalue weighted by atomic mass is 10.2. The first-order valence-corrected chi connectivity index (χ1v) is 5.13. The number of nitrogens with two attached hydrogens (primary N) is 1. The zero-order chi connectivity index (χ0) is 14.4. The van der Waals surface area contributed by atoms with Gasteiger partial charge in [0.15, 0.2) is 0 Å². The van der Waals surface area contributed by atoms with Crippen LogP contribution in [0, 0.1) is 10.1 Å². The lowest BCUT2D eigenvalue weighted by molar-refractivity contribution is -0.0462. The SMILES string of the molecule is Nc1ncn([C@H]2C[C@H](O)[C@@H](CO)O2)c(=O)n1.O=N[O-]. The van der Waals surface area contributed by atoms with Crippen LogP contribution >= 0.6 is 0 Å². The van der Waals surface area contributed by atoms with Crippen molar-refractivity contribution in [2.75, 3.05) is 12.3 Å². The van der Waals surface area contributed by atoms with Gasteiger partial charge in [0.25, 0.3) is 0 Å². The molecule has 0 radical (unpaired) electrons. The summed E-state index contributed by atoms with van der Waals surface area (Å²) in [5, 5.41) is 27.4. The van der Waals surface area contributed by atoms with Crippen LogP contribution in [0.15, 0.2) is 16.5 Å². The summed E-state index contributed by atoms with van der Waals surface area (Å²) in [5.74, 6) is -0.112. The first kappa shape index (κ1) is 14.9. The minimum Gasteiger partial charge on any atom is -0.444 e. The van der Waals surface area contributed by atoms with Crippen LogP contribution in [0.2, 0.25) is 0 Å². The quantitative estimate of drug-likeness (QED) is 0.411. The lowest BCUT2D eigenvalue weighted by Gasteiger charge is -2.13. The Morgan fingerprint density at radius 3 is 2.79 bits per heavy atom. The van der Waals surface area contributed by atoms with Gasteiger partial charge in [-0.1, -0.05) is 0 Å². The van der Waals surface area contributed by atoms with Crippen molar-refractivity contribution in [1.29, 1.82) is 0 Å². The molecule has 19 heavy (non-hydrogen) atoms. The van der Waals surface area contributed by atoms with E-state index in [-0.39, 0.29) is 19.0 Å². The van der Waals surface area contributed by atoms with E-state index in [0.717, 1.165) is 9.91 Å². The Morgan fingerprint density at radius 2 is 2.32 bits per heavy atom. The van der Waals surface area contributed by atoms with Gasteiger partial charge in [-0.05, 0) is 0 Å². The van der Waals surface area contributed by atoms with Gasteiger partial charge in [-0.2, -0.15) is 4.98 Å². The molecule has 11 nitrogen and oxygen atoms in total. The number of hydrogen-bond acceptors (Lipinski definition) is 10. The van der Waals surface area contributed by atoms with Gasteiger partial charge in [0.2, 0.25) is 5.95 Å². The molecule has 2 rings (SSSR count). The fourth-order valence-corrected chi connectivity index (χ4v) is 1.60. The van der Waals surface area contributed by atoms with Crippen molar-refractivity contribution in [2.24, 2.45) is 5.34 Å². The monoisotopic (exact) mass is 274 g/mol. The maximum absolute atomic E-state index is 11.4. The number of aliphatic hydroxyl groups is 2. The van der Waals surface area contributed by atoms with Gasteiger partial charge >= 0.3 is 5.69 Å². The van der Waals surface area contributed by atoms with E-state index in [9.17, 15) is 9.90 Å². The lowest BCUT2D eigenvalue weighted by Crippen LogP contribution is -2.28. The fraction of sp³-hybridized carbons (Fsp3) is 0.625. The van der Waals surface area contributed by atoms with Gasteiger partial charge in [-0.15, -0.1) is 5.34 Å². The minimum absolute atomic E-state index is 0.112. The fourth-order valence-electron chi connectivity index (χ4n) is 1.60. The van der Waals surface area contributed by atoms with Crippen molar-refractivity contribution >= 4 is 5.95 Å². The van der Waals surface area contributed by atoms with E-state index < -0.39 is 24.1 Å². The van der Waals surface area contributed by atoms with E-state index in [1.54, 1.807) is 0 Å². The molecule has 1 saturated heterocycles. The number of ether oxygens (including phenoxy) is 1. The highest BCUT2D eigenvalue weighted by molar-refractivity contribution is 5.09. The highest BCUT2D eigenvalue weighted by Crippen LogP contribution is 2.26. The zero-order valence-corrected chi connectivity index (χ0v) is 9.62. The molecule has 0 saturated carbocycles. The molecule has 4 N–H and O–H groups in total. The highest BCUT2D eigenvalue weighted by atomic mass is 16.6. The van der Waals surface area contributed by atoms with Crippen LogP contribution < -0.4 is 11.4 Å². The topological polar surface area (TPSA) is 176 Å². The van der Waals surface area contributed by atoms with Crippen LogP contribution in [-0.4, -0.2) is 43.6 Å². The second-order valence-corrected chi connectivity index (χ2v) is 3.59. The van der Waals surface area contributed by atoms with Crippen LogP contribution in [-0.2, 0) is 4.74 Å². The van der Waals surface area contributed by atoms with E-state index in [1.807, 2.05) is 0 Å². The molecular weight excluding hydrogens is 262 g/mol. The second kappa shape index (κ2) is 6.72. The molecule has 1 fully saturated rings. The summed E-state index contributed by atoms with van der Waals surface area (Å²) < 4.78 is 6.41. The Bertz CT molecular complexity index is 479. The van der Waals surface area contributed by atoms with Crippen LogP contribution in [0.1, 0.15) is 12.6 Å². The van der Waals surface area contributed by atoms with Crippen LogP contribution in [0.4, 0.5) is 5.95 Å². The Balaban J connectivity index is 0.000000550. The Morgan fingerprint density at radius 1 is 1.68 bits per heavy atom. The average Bonchev–Trinajstić information content (AvgIpc) is 2.71. The zero-order valence-electron chi connectivity index (χ0n) is 9.62. The summed E-state index contributed by atoms with van der Waals surface area (Å²) >= 11 is 0. The first-order valence-electron chi connectivity index (χ1n) is 5.13. The van der Waals surface area contributed by atoms with Crippen molar-refractivity contribution < 1.29 is 14.9 Å². The van der Waals surface area contributed by atoms with Gasteiger partial charge in [0.1, 0.15) is 18.7 Å². The second-order valence-electron chi connectivity index (χ2n) is 3.59. The maximum Gasteiger partial charge on any atom is 0.354 e. The average molecular weight is 274 g/mol. The van der Waals surface area contributed by atoms with E-state index in [2.05, 4.69) is 9.97 Å². The van der Waals surface area contributed by atoms with E-state index in [0.29, 0.717) is 0 Å². The molecule has 11 heteroatoms. The molecule has 1 aromatic heterocycles. The summed E-state index contributed by atoms with van der Waals surface area (Å²) in [6.45, 7) is -0.303. The summed E-state index contributed by atoms with van der Waals surface area (Å²) in [6, 6.07) is 0. The summed E-state index contributed by atoms with van der Waals surface area (Å²) in [5.41, 5.74) is 4.65. The van der Waals surface area contributed by atoms with E-state index in [1.165, 1.54) is 6.33 Å². The predicted molar refractivity (Wildman–Crippen MR) is 61.5 cm³/mol. The molecule has 0 amide bonds. The Kier molecular flexibility index (Phi) is 5.29. The smallest absolute Gasteiger partial charge is 0.354 e. The van der Waals surface area contributed by atoms with Crippen molar-refractivity contribution in [3.8, 4) is 0 Å². The van der Waals surface area contributed by atoms with Crippen molar-refractivity contribution in [2.45, 2.75) is 24.9 Å². The van der Waals surface area contributed by atoms with Crippen LogP contribution in [0.25, 0.3) is 0 Å². The number of nitrogens with zero attached hydrogens (tertiary/aromatic N) is 4. The van der Waals surface area contributed by atoms with Crippen LogP contribution in [0.3, 0.4) is 0 Å². The summed E-state index contributed by atoms with van der Waals surface area (Å²) in [4.78, 5) is 26.5. The molecule has 3 atom stereocenters. The largest absolute Gasteiger partial charge is 0.444 e. The molecule has 106 valence electrons. The molecule has 0 aliphatic carbocycles. The molecule has 0 bridgehead atoms. The number of nitrogen functional groups attached to an aromatic ring is 1. The van der Waals surface area contributed by atoms with E-state index in [4.69, 9.17) is 25.7 Å². The van der Waals surface area contributed by atoms with Gasteiger partial charge < -0.3 is 30.8 Å². The minimum atomic E-state index is -0.806. The maximum atomic E-state index is 11.4. The predicted octanol–water partition coefficient (Wildman–Crippen LogP) is -1.89. The van der Waals surface area contributed by atoms with Crippen molar-refractivity contribution in [3.05, 3.63) is 26.9 Å². The number of aliphatic hydroxyl groups excluding tert-OH is 2. The standard InChI is InChI=1S/C8H12N4O4.HNO2/c9-7-10-3-12(8(15)11-7)6-1-4(14)5(2-13)16-6;2-1-3/h3-6,13-14H,1-2H2,(H2,9,11,15);(H,2,3)/p-1/t4-,5+,6+;/m0./s1. The third-order valence-electron chi connectivity index (χ3n) is 2.44. The van der Waals surface area contributed by atoms with Crippen molar-refractivity contribution in [3.63, 3.8) is 0 Å². The number of anilines is 1. The van der Waals surface area contributed by atoms with Gasteiger partial charge in [-0.25, -0.2) is 9.78 Å². The summed E-state index contributed by atoms with van der Waals surface area (Å²) in [7, 11) is 0. The summed E-state index contributed by atoms with van der Waals surface area (Å²) in [6.07, 6.45) is -0.741. The van der Waals surface area contributed by atoms with Crippen molar-refractivity contribution in [1.82, 2.24) is 14.5 Å². The van der Waals surface area contributed by atoms with E-state index >= 15 is 0 Å². The number of rotatable bonds is 2. The van der Waals surface area contributed by atoms with Gasteiger partial charge in [-0.3, -0.25) is 4.57 Å². The number of aromatic nitrogens is 3. The molecular formula is C8H12N5O6-. The third-order valence-corrected chi connectivity index (χ3v) is 2.44. The molecule has 1 aliphatic heterocycles. The molecule has 0 aromatic carbocycles. The van der Waals surface area contributed by atoms with Crippen LogP contribution in [0.5, 0.6) is 0 Å². The Labute approximate surface area is 106 Å². The molecule has 2 heterocycles. The molecule has 0 spiro atoms. The molecule has 1 aliphatic rings. The molecule has 1 aromatic rings. The normalized spacial score (nSPS) is 25.5. The van der Waals surface area contributed by atoms with Gasteiger partial charge in [0.05, 0.1) is 12.7 Å². The van der Waals surface area contributed by atoms with Gasteiger partial charge in [0, 0.05) is 6.42 Å². The third kappa shape index (κ3) is 3.67.